The molecule has 2 aromatic carbocycles. The van der Waals surface area contributed by atoms with E-state index in [0.717, 1.165) is 11.1 Å². The molecule has 0 atom stereocenters. The summed E-state index contributed by atoms with van der Waals surface area (Å²) in [7, 11) is 0. The first-order valence-corrected chi connectivity index (χ1v) is 7.66. The van der Waals surface area contributed by atoms with Gasteiger partial charge in [-0.25, -0.2) is 4.98 Å². The number of aryl methyl sites for hydroxylation is 1. The molecule has 0 N–H and O–H groups in total. The molecule has 0 aliphatic heterocycles. The zero-order chi connectivity index (χ0) is 18.2. The van der Waals surface area contributed by atoms with Crippen molar-refractivity contribution >= 4 is 22.7 Å². The van der Waals surface area contributed by atoms with Crippen molar-refractivity contribution in [2.45, 2.75) is 20.0 Å². The Labute approximate surface area is 141 Å². The fourth-order valence-electron chi connectivity index (χ4n) is 2.50. The Morgan fingerprint density at radius 1 is 1.16 bits per heavy atom. The molecule has 130 valence electrons. The number of fused-ring (bicyclic) bond motifs is 1. The van der Waals surface area contributed by atoms with Gasteiger partial charge < -0.3 is 9.32 Å². The number of rotatable bonds is 3. The van der Waals surface area contributed by atoms with Gasteiger partial charge in [-0.2, -0.15) is 13.2 Å². The van der Waals surface area contributed by atoms with E-state index in [9.17, 15) is 18.0 Å². The molecule has 0 saturated carbocycles. The lowest BCUT2D eigenvalue weighted by Crippen LogP contribution is -2.41. The minimum atomic E-state index is -4.93. The minimum absolute atomic E-state index is 0.105. The van der Waals surface area contributed by atoms with Crippen molar-refractivity contribution in [3.8, 4) is 11.5 Å². The summed E-state index contributed by atoms with van der Waals surface area (Å²) >= 11 is 0. The van der Waals surface area contributed by atoms with Gasteiger partial charge in [-0.1, -0.05) is 17.7 Å². The van der Waals surface area contributed by atoms with Gasteiger partial charge in [0.15, 0.2) is 5.58 Å². The number of amides is 1. The molecule has 0 bridgehead atoms. The van der Waals surface area contributed by atoms with Crippen LogP contribution in [-0.2, 0) is 4.79 Å². The Balaban J connectivity index is 2.00. The molecule has 1 heterocycles. The quantitative estimate of drug-likeness (QED) is 0.688. The topological polar surface area (TPSA) is 46.3 Å². The summed E-state index contributed by atoms with van der Waals surface area (Å²) < 4.78 is 43.8. The molecule has 4 nitrogen and oxygen atoms in total. The van der Waals surface area contributed by atoms with Gasteiger partial charge in [-0.15, -0.1) is 0 Å². The maximum Gasteiger partial charge on any atom is 0.471 e. The molecule has 0 unspecified atom stereocenters. The molecule has 0 aliphatic rings. The number of hydrogen-bond acceptors (Lipinski definition) is 3. The van der Waals surface area contributed by atoms with Gasteiger partial charge in [0.2, 0.25) is 5.89 Å². The third kappa shape index (κ3) is 3.35. The third-order valence-electron chi connectivity index (χ3n) is 3.79. The van der Waals surface area contributed by atoms with Crippen LogP contribution in [0.2, 0.25) is 0 Å². The van der Waals surface area contributed by atoms with Gasteiger partial charge in [0.1, 0.15) is 5.52 Å². The zero-order valence-electron chi connectivity index (χ0n) is 13.6. The van der Waals surface area contributed by atoms with Crippen molar-refractivity contribution < 1.29 is 22.4 Å². The fourth-order valence-corrected chi connectivity index (χ4v) is 2.50. The van der Waals surface area contributed by atoms with Crippen molar-refractivity contribution in [3.63, 3.8) is 0 Å². The number of carbonyl (C=O) groups excluding carboxylic acids is 1. The summed E-state index contributed by atoms with van der Waals surface area (Å²) in [6.45, 7) is 3.33. The van der Waals surface area contributed by atoms with Gasteiger partial charge in [-0.05, 0) is 44.2 Å². The maximum absolute atomic E-state index is 12.7. The second-order valence-electron chi connectivity index (χ2n) is 5.58. The lowest BCUT2D eigenvalue weighted by molar-refractivity contribution is -0.170. The van der Waals surface area contributed by atoms with Crippen molar-refractivity contribution in [1.29, 1.82) is 0 Å². The van der Waals surface area contributed by atoms with Gasteiger partial charge in [0.25, 0.3) is 0 Å². The highest BCUT2D eigenvalue weighted by atomic mass is 19.4. The van der Waals surface area contributed by atoms with E-state index in [4.69, 9.17) is 4.42 Å². The molecule has 1 amide bonds. The molecular formula is C18H15F3N2O2. The van der Waals surface area contributed by atoms with Crippen molar-refractivity contribution in [2.75, 3.05) is 11.4 Å². The van der Waals surface area contributed by atoms with Crippen LogP contribution in [-0.4, -0.2) is 23.6 Å². The Kier molecular flexibility index (Phi) is 4.24. The monoisotopic (exact) mass is 348 g/mol. The number of anilines is 1. The summed E-state index contributed by atoms with van der Waals surface area (Å²) in [4.78, 5) is 16.5. The van der Waals surface area contributed by atoms with E-state index in [1.807, 2.05) is 31.2 Å². The second-order valence-corrected chi connectivity index (χ2v) is 5.58. The largest absolute Gasteiger partial charge is 0.471 e. The molecule has 25 heavy (non-hydrogen) atoms. The number of oxazole rings is 1. The van der Waals surface area contributed by atoms with Crippen LogP contribution in [0.1, 0.15) is 12.5 Å². The first kappa shape index (κ1) is 17.0. The summed E-state index contributed by atoms with van der Waals surface area (Å²) in [6.07, 6.45) is -4.93. The molecule has 0 aliphatic carbocycles. The normalized spacial score (nSPS) is 11.7. The number of alkyl halides is 3. The molecule has 0 spiro atoms. The summed E-state index contributed by atoms with van der Waals surface area (Å²) in [5.41, 5.74) is 2.81. The predicted octanol–water partition coefficient (Wildman–Crippen LogP) is 4.72. The highest BCUT2D eigenvalue weighted by Gasteiger charge is 2.42. The molecule has 0 saturated heterocycles. The van der Waals surface area contributed by atoms with Gasteiger partial charge in [0.05, 0.1) is 0 Å². The van der Waals surface area contributed by atoms with Crippen LogP contribution in [0, 0.1) is 6.92 Å². The van der Waals surface area contributed by atoms with Gasteiger partial charge in [0, 0.05) is 17.8 Å². The SMILES string of the molecule is CCN(C(=O)C(F)(F)F)c1ccc2oc(-c3ccc(C)cc3)nc2c1. The standard InChI is InChI=1S/C18H15F3N2O2/c1-3-23(17(24)18(19,20)21)13-8-9-15-14(10-13)22-16(25-15)12-6-4-11(2)5-7-12/h4-10H,3H2,1-2H3. The highest BCUT2D eigenvalue weighted by molar-refractivity contribution is 5.98. The van der Waals surface area contributed by atoms with E-state index in [1.165, 1.54) is 25.1 Å². The van der Waals surface area contributed by atoms with Crippen molar-refractivity contribution in [3.05, 3.63) is 48.0 Å². The van der Waals surface area contributed by atoms with Crippen LogP contribution < -0.4 is 4.90 Å². The summed E-state index contributed by atoms with van der Waals surface area (Å²) in [5, 5.41) is 0. The van der Waals surface area contributed by atoms with E-state index in [-0.39, 0.29) is 12.2 Å². The minimum Gasteiger partial charge on any atom is -0.436 e. The molecule has 7 heteroatoms. The van der Waals surface area contributed by atoms with Crippen LogP contribution in [0.5, 0.6) is 0 Å². The van der Waals surface area contributed by atoms with Gasteiger partial charge >= 0.3 is 12.1 Å². The van der Waals surface area contributed by atoms with Crippen LogP contribution in [0.3, 0.4) is 0 Å². The van der Waals surface area contributed by atoms with E-state index in [1.54, 1.807) is 0 Å². The van der Waals surface area contributed by atoms with E-state index >= 15 is 0 Å². The average molecular weight is 348 g/mol. The zero-order valence-corrected chi connectivity index (χ0v) is 13.6. The van der Waals surface area contributed by atoms with Crippen molar-refractivity contribution in [1.82, 2.24) is 4.98 Å². The van der Waals surface area contributed by atoms with Crippen LogP contribution in [0.15, 0.2) is 46.9 Å². The lowest BCUT2D eigenvalue weighted by atomic mass is 10.1. The molecule has 1 aromatic heterocycles. The summed E-state index contributed by atoms with van der Waals surface area (Å²) in [6, 6.07) is 11.9. The van der Waals surface area contributed by atoms with Crippen molar-refractivity contribution in [2.24, 2.45) is 0 Å². The smallest absolute Gasteiger partial charge is 0.436 e. The average Bonchev–Trinajstić information content (AvgIpc) is 2.98. The Morgan fingerprint density at radius 2 is 1.84 bits per heavy atom. The van der Waals surface area contributed by atoms with Crippen LogP contribution in [0.4, 0.5) is 18.9 Å². The van der Waals surface area contributed by atoms with E-state index < -0.39 is 12.1 Å². The van der Waals surface area contributed by atoms with Gasteiger partial charge in [-0.3, -0.25) is 4.79 Å². The first-order chi connectivity index (χ1) is 11.8. The van der Waals surface area contributed by atoms with Crippen LogP contribution >= 0.6 is 0 Å². The maximum atomic E-state index is 12.7. The first-order valence-electron chi connectivity index (χ1n) is 7.66. The predicted molar refractivity (Wildman–Crippen MR) is 88.3 cm³/mol. The molecule has 0 fully saturated rings. The number of nitrogens with zero attached hydrogens (tertiary/aromatic N) is 2. The molecule has 0 radical (unpaired) electrons. The number of hydrogen-bond donors (Lipinski definition) is 0. The Hall–Kier alpha value is -2.83. The second kappa shape index (κ2) is 6.23. The lowest BCUT2D eigenvalue weighted by Gasteiger charge is -2.21. The number of carbonyl (C=O) groups is 1. The Morgan fingerprint density at radius 3 is 2.44 bits per heavy atom. The number of benzene rings is 2. The number of aromatic nitrogens is 1. The molecule has 3 aromatic rings. The molecular weight excluding hydrogens is 333 g/mol. The van der Waals surface area contributed by atoms with E-state index in [2.05, 4.69) is 4.98 Å². The molecule has 3 rings (SSSR count). The summed E-state index contributed by atoms with van der Waals surface area (Å²) in [5.74, 6) is -1.53. The van der Waals surface area contributed by atoms with Crippen LogP contribution in [0.25, 0.3) is 22.6 Å². The highest BCUT2D eigenvalue weighted by Crippen LogP contribution is 2.29. The van der Waals surface area contributed by atoms with E-state index in [0.29, 0.717) is 21.9 Å². The Bertz CT molecular complexity index is 914. The number of halogens is 3. The third-order valence-corrected chi connectivity index (χ3v) is 3.79. The fraction of sp³-hybridized carbons (Fsp3) is 0.222.